The lowest BCUT2D eigenvalue weighted by Gasteiger charge is -2.51. The van der Waals surface area contributed by atoms with E-state index < -0.39 is 285 Å². The molecular formula is C50H86N4O36. The highest BCUT2D eigenvalue weighted by atomic mass is 16.8. The molecule has 6 saturated heterocycles. The maximum absolute atomic E-state index is 13.0. The summed E-state index contributed by atoms with van der Waals surface area (Å²) in [5.41, 5.74) is 0. The van der Waals surface area contributed by atoms with Crippen molar-refractivity contribution in [1.29, 1.82) is 0 Å². The lowest BCUT2D eigenvalue weighted by atomic mass is 9.93. The topological polar surface area (TPSA) is 632 Å². The van der Waals surface area contributed by atoms with Crippen molar-refractivity contribution in [2.75, 3.05) is 52.9 Å². The van der Waals surface area contributed by atoms with Crippen LogP contribution >= 0.6 is 0 Å². The molecule has 6 fully saturated rings. The summed E-state index contributed by atoms with van der Waals surface area (Å²) in [6.07, 6.45) is -60.4. The Labute approximate surface area is 511 Å². The molecule has 0 aromatic carbocycles. The summed E-state index contributed by atoms with van der Waals surface area (Å²) < 4.78 is 70.8. The molecule has 522 valence electrons. The molecule has 0 aliphatic carbocycles. The van der Waals surface area contributed by atoms with Crippen LogP contribution < -0.4 is 21.3 Å². The van der Waals surface area contributed by atoms with Crippen LogP contribution in [0.4, 0.5) is 0 Å². The van der Waals surface area contributed by atoms with Gasteiger partial charge in [0.1, 0.15) is 165 Å². The highest BCUT2D eigenvalue weighted by molar-refractivity contribution is 5.74. The Morgan fingerprint density at radius 3 is 1.20 bits per heavy atom. The van der Waals surface area contributed by atoms with Crippen molar-refractivity contribution < 1.29 is 178 Å². The molecule has 24 N–H and O–H groups in total. The summed E-state index contributed by atoms with van der Waals surface area (Å²) in [5.74, 6) is -3.53. The lowest BCUT2D eigenvalue weighted by Crippen LogP contribution is -2.71. The first kappa shape index (κ1) is 75.6. The Morgan fingerprint density at radius 1 is 0.378 bits per heavy atom. The number of carbonyl (C=O) groups is 4. The van der Waals surface area contributed by atoms with E-state index in [1.165, 1.54) is 0 Å². The van der Waals surface area contributed by atoms with Crippen LogP contribution in [-0.4, -0.2) is 387 Å². The van der Waals surface area contributed by atoms with Gasteiger partial charge in [0.05, 0.1) is 58.9 Å². The number of nitrogens with one attached hydrogen (secondary N) is 4. The van der Waals surface area contributed by atoms with Crippen LogP contribution in [0.5, 0.6) is 0 Å². The second-order valence-electron chi connectivity index (χ2n) is 22.3. The first-order valence-electron chi connectivity index (χ1n) is 28.5. The second-order valence-corrected chi connectivity index (χ2v) is 22.3. The van der Waals surface area contributed by atoms with Gasteiger partial charge < -0.3 is 180 Å². The molecule has 0 unspecified atom stereocenters. The molecule has 90 heavy (non-hydrogen) atoms. The number of aliphatic hydroxyl groups is 20. The van der Waals surface area contributed by atoms with Crippen LogP contribution in [-0.2, 0) is 76.0 Å². The zero-order valence-corrected chi connectivity index (χ0v) is 48.8. The van der Waals surface area contributed by atoms with Gasteiger partial charge in [-0.25, -0.2) is 0 Å². The van der Waals surface area contributed by atoms with Gasteiger partial charge >= 0.3 is 0 Å². The highest BCUT2D eigenvalue weighted by Crippen LogP contribution is 2.37. The zero-order chi connectivity index (χ0) is 66.9. The predicted octanol–water partition coefficient (Wildman–Crippen LogP) is -16.1. The SMILES string of the molecule is CC(=O)N[C@H]1[C@H](O[C@@H]([C@@H](O)[C@H](O)CO)[C@H](CO)NC(C)=O)O[C@H](CO)[C@@H](O[C@@H]2O[C@H](CO[C@@H]3O[C@H](CO)[C@@H](O)[C@H](O[C@@H]4O[C@H](CO)[C@H](O)[C@H](O)[C@H]4O)[C@H]3NC(C)=O)[C@H](O)[C@H](O[C@@H]3O[C@H](CO)[C@@H](O)[C@H](O[C@@H]4O[C@H](CO)[C@H](O)[C@H](O)[C@H]4O)[C@H]3NC(C)=O)[C@H]2O)[C@@H]1O. The molecule has 0 spiro atoms. The molecule has 40 heteroatoms. The first-order chi connectivity index (χ1) is 42.5. The average molecular weight is 1320 g/mol. The van der Waals surface area contributed by atoms with Crippen molar-refractivity contribution in [3.05, 3.63) is 0 Å². The van der Waals surface area contributed by atoms with E-state index in [2.05, 4.69) is 21.3 Å². The number of hydrogen-bond donors (Lipinski definition) is 24. The number of aliphatic hydroxyl groups excluding tert-OH is 20. The Kier molecular flexibility index (Phi) is 28.4. The van der Waals surface area contributed by atoms with Gasteiger partial charge in [-0.05, 0) is 0 Å². The van der Waals surface area contributed by atoms with E-state index in [0.29, 0.717) is 0 Å². The number of ether oxygens (including phenoxy) is 12. The molecule has 0 saturated carbocycles. The summed E-state index contributed by atoms with van der Waals surface area (Å²) in [6, 6.07) is -7.15. The van der Waals surface area contributed by atoms with Crippen molar-refractivity contribution in [2.24, 2.45) is 0 Å². The normalized spacial score (nSPS) is 43.9. The fourth-order valence-electron chi connectivity index (χ4n) is 11.1. The summed E-state index contributed by atoms with van der Waals surface area (Å²) in [6.45, 7) is -4.43. The van der Waals surface area contributed by atoms with E-state index in [0.717, 1.165) is 27.7 Å². The van der Waals surface area contributed by atoms with Crippen LogP contribution in [0.3, 0.4) is 0 Å². The molecular weight excluding hydrogens is 1230 g/mol. The van der Waals surface area contributed by atoms with E-state index in [-0.39, 0.29) is 0 Å². The summed E-state index contributed by atoms with van der Waals surface area (Å²) in [4.78, 5) is 50.8. The van der Waals surface area contributed by atoms with Crippen LogP contribution in [0.25, 0.3) is 0 Å². The Hall–Kier alpha value is -3.40. The largest absolute Gasteiger partial charge is 0.394 e. The quantitative estimate of drug-likeness (QED) is 0.0363. The van der Waals surface area contributed by atoms with Crippen LogP contribution in [0.15, 0.2) is 0 Å². The van der Waals surface area contributed by atoms with Crippen LogP contribution in [0.1, 0.15) is 27.7 Å². The standard InChI is InChI=1S/C50H86N4O36/c1-13(62)51-17(5-55)40(28(67)18(66)6-56)86-46-25(52-14(2)63)34(73)41(23(11-61)84-46)87-50-39(78)44(90-47-27(54-16(4)65)43(32(71)22(10-60)81-47)89-49-38(77)36(75)30(69)20(8-58)83-49)33(72)24(85-50)12-79-45-26(53-15(3)64)42(31(70)21(9-59)80-45)88-48-37(76)35(74)29(68)19(7-57)82-48/h17-50,55-61,66-78H,5-12H2,1-4H3,(H,51,62)(H,52,63)(H,53,64)(H,54,65)/t17-,18+,19+,20+,21+,22+,23+,24+,25+,26+,27+,28-,29-,30-,31+,32+,33-,34+,35-,36-,37+,38+,39+,40+,41+,42+,43+,44-,45+,46-,47-,48-,49-,50-/m0/s1. The molecule has 6 aliphatic rings. The van der Waals surface area contributed by atoms with Gasteiger partial charge in [-0.1, -0.05) is 0 Å². The maximum Gasteiger partial charge on any atom is 0.217 e. The second kappa shape index (κ2) is 33.8. The molecule has 0 bridgehead atoms. The van der Waals surface area contributed by atoms with Gasteiger partial charge in [0.25, 0.3) is 0 Å². The van der Waals surface area contributed by atoms with E-state index in [9.17, 15) is 121 Å². The number of rotatable bonds is 27. The zero-order valence-electron chi connectivity index (χ0n) is 48.8. The number of amides is 4. The van der Waals surface area contributed by atoms with E-state index in [4.69, 9.17) is 56.8 Å². The lowest BCUT2D eigenvalue weighted by molar-refractivity contribution is -0.382. The molecule has 34 atom stereocenters. The third kappa shape index (κ3) is 17.5. The fraction of sp³-hybridized carbons (Fsp3) is 0.920. The van der Waals surface area contributed by atoms with E-state index in [1.807, 2.05) is 0 Å². The molecule has 40 nitrogen and oxygen atoms in total. The van der Waals surface area contributed by atoms with Crippen molar-refractivity contribution in [3.63, 3.8) is 0 Å². The van der Waals surface area contributed by atoms with Crippen LogP contribution in [0.2, 0.25) is 0 Å². The molecule has 6 aliphatic heterocycles. The van der Waals surface area contributed by atoms with Crippen molar-refractivity contribution >= 4 is 23.6 Å². The van der Waals surface area contributed by atoms with Crippen molar-refractivity contribution in [2.45, 2.75) is 236 Å². The number of carbonyl (C=O) groups excluding carboxylic acids is 4. The summed E-state index contributed by atoms with van der Waals surface area (Å²) in [7, 11) is 0. The minimum absolute atomic E-state index is 0.801. The first-order valence-corrected chi connectivity index (χ1v) is 28.5. The van der Waals surface area contributed by atoms with Gasteiger partial charge in [0.2, 0.25) is 23.6 Å². The monoisotopic (exact) mass is 1320 g/mol. The summed E-state index contributed by atoms with van der Waals surface area (Å²) in [5, 5.41) is 226. The minimum atomic E-state index is -2.44. The Morgan fingerprint density at radius 2 is 0.756 bits per heavy atom. The molecule has 4 amide bonds. The Balaban J connectivity index is 1.40. The third-order valence-electron chi connectivity index (χ3n) is 15.8. The molecule has 6 heterocycles. The van der Waals surface area contributed by atoms with Gasteiger partial charge in [0, 0.05) is 27.7 Å². The smallest absolute Gasteiger partial charge is 0.217 e. The van der Waals surface area contributed by atoms with Crippen LogP contribution in [0, 0.1) is 0 Å². The molecule has 0 aromatic rings. The van der Waals surface area contributed by atoms with E-state index >= 15 is 0 Å². The maximum atomic E-state index is 13.0. The van der Waals surface area contributed by atoms with Crippen molar-refractivity contribution in [3.8, 4) is 0 Å². The van der Waals surface area contributed by atoms with Gasteiger partial charge in [-0.2, -0.15) is 0 Å². The molecule has 0 aromatic heterocycles. The highest BCUT2D eigenvalue weighted by Gasteiger charge is 2.58. The Bertz CT molecular complexity index is 2260. The number of hydrogen-bond acceptors (Lipinski definition) is 36. The fourth-order valence-corrected chi connectivity index (χ4v) is 11.1. The van der Waals surface area contributed by atoms with Gasteiger partial charge in [-0.15, -0.1) is 0 Å². The minimum Gasteiger partial charge on any atom is -0.394 e. The predicted molar refractivity (Wildman–Crippen MR) is 280 cm³/mol. The van der Waals surface area contributed by atoms with Crippen molar-refractivity contribution in [1.82, 2.24) is 21.3 Å². The molecule has 6 rings (SSSR count). The summed E-state index contributed by atoms with van der Waals surface area (Å²) >= 11 is 0. The van der Waals surface area contributed by atoms with E-state index in [1.54, 1.807) is 0 Å². The van der Waals surface area contributed by atoms with Gasteiger partial charge in [-0.3, -0.25) is 19.2 Å². The molecule has 0 radical (unpaired) electrons. The van der Waals surface area contributed by atoms with Gasteiger partial charge in [0.15, 0.2) is 37.7 Å². The average Bonchev–Trinajstić information content (AvgIpc) is 0.844. The third-order valence-corrected chi connectivity index (χ3v) is 15.8.